The molecule has 0 aromatic heterocycles. The average molecular weight is 238 g/mol. The lowest BCUT2D eigenvalue weighted by molar-refractivity contribution is 0.138. The van der Waals surface area contributed by atoms with E-state index in [4.69, 9.17) is 0 Å². The molecule has 0 spiro atoms. The molecule has 0 amide bonds. The number of rotatable bonds is 4. The van der Waals surface area contributed by atoms with Crippen LogP contribution in [-0.2, 0) is 0 Å². The van der Waals surface area contributed by atoms with Gasteiger partial charge in [-0.1, -0.05) is 20.8 Å². The first-order valence-corrected chi connectivity index (χ1v) is 7.58. The van der Waals surface area contributed by atoms with Gasteiger partial charge in [-0.2, -0.15) is 0 Å². The van der Waals surface area contributed by atoms with Crippen molar-refractivity contribution in [2.24, 2.45) is 5.41 Å². The van der Waals surface area contributed by atoms with Crippen LogP contribution in [0.4, 0.5) is 0 Å². The van der Waals surface area contributed by atoms with Crippen LogP contribution >= 0.6 is 0 Å². The van der Waals surface area contributed by atoms with Crippen molar-refractivity contribution in [1.82, 2.24) is 10.2 Å². The van der Waals surface area contributed by atoms with Crippen molar-refractivity contribution < 1.29 is 0 Å². The standard InChI is InChI=1S/C15H30N2/c1-4-9-16-13-6-10-17(11-7-13)14-5-8-15(2,3)12-14/h13-14,16H,4-12H2,1-3H3. The third kappa shape index (κ3) is 3.69. The summed E-state index contributed by atoms with van der Waals surface area (Å²) in [4.78, 5) is 2.76. The van der Waals surface area contributed by atoms with E-state index in [-0.39, 0.29) is 0 Å². The second-order valence-corrected chi connectivity index (χ2v) is 6.83. The molecule has 1 saturated heterocycles. The van der Waals surface area contributed by atoms with Crippen LogP contribution in [0.2, 0.25) is 0 Å². The first kappa shape index (κ1) is 13.4. The van der Waals surface area contributed by atoms with Gasteiger partial charge in [-0.15, -0.1) is 0 Å². The summed E-state index contributed by atoms with van der Waals surface area (Å²) in [6, 6.07) is 1.68. The molecule has 1 unspecified atom stereocenters. The molecule has 2 nitrogen and oxygen atoms in total. The van der Waals surface area contributed by atoms with E-state index in [2.05, 4.69) is 31.0 Å². The maximum atomic E-state index is 3.67. The first-order chi connectivity index (χ1) is 8.11. The van der Waals surface area contributed by atoms with E-state index in [0.717, 1.165) is 12.1 Å². The van der Waals surface area contributed by atoms with Crippen LogP contribution in [0.3, 0.4) is 0 Å². The topological polar surface area (TPSA) is 15.3 Å². The molecule has 2 aliphatic rings. The Labute approximate surface area is 107 Å². The van der Waals surface area contributed by atoms with E-state index in [9.17, 15) is 0 Å². The number of nitrogens with zero attached hydrogens (tertiary/aromatic N) is 1. The maximum Gasteiger partial charge on any atom is 0.0101 e. The van der Waals surface area contributed by atoms with E-state index in [1.54, 1.807) is 0 Å². The maximum absolute atomic E-state index is 3.67. The highest BCUT2D eigenvalue weighted by Crippen LogP contribution is 2.39. The normalized spacial score (nSPS) is 30.9. The van der Waals surface area contributed by atoms with Crippen LogP contribution in [-0.4, -0.2) is 36.6 Å². The fourth-order valence-corrected chi connectivity index (χ4v) is 3.53. The van der Waals surface area contributed by atoms with Gasteiger partial charge in [-0.3, -0.25) is 0 Å². The zero-order valence-corrected chi connectivity index (χ0v) is 12.0. The van der Waals surface area contributed by atoms with Crippen LogP contribution in [0.5, 0.6) is 0 Å². The van der Waals surface area contributed by atoms with Crippen molar-refractivity contribution in [3.8, 4) is 0 Å². The van der Waals surface area contributed by atoms with Gasteiger partial charge < -0.3 is 10.2 Å². The van der Waals surface area contributed by atoms with Crippen LogP contribution in [0, 0.1) is 5.41 Å². The summed E-state index contributed by atoms with van der Waals surface area (Å²) in [6.07, 6.45) is 8.25. The van der Waals surface area contributed by atoms with Gasteiger partial charge in [0.25, 0.3) is 0 Å². The number of likely N-dealkylation sites (tertiary alicyclic amines) is 1. The minimum atomic E-state index is 0.599. The Bertz CT molecular complexity index is 229. The highest BCUT2D eigenvalue weighted by molar-refractivity contribution is 4.90. The van der Waals surface area contributed by atoms with Gasteiger partial charge >= 0.3 is 0 Å². The molecule has 1 heterocycles. The van der Waals surface area contributed by atoms with E-state index in [1.165, 1.54) is 58.2 Å². The van der Waals surface area contributed by atoms with Gasteiger partial charge in [-0.25, -0.2) is 0 Å². The van der Waals surface area contributed by atoms with Gasteiger partial charge in [0, 0.05) is 12.1 Å². The van der Waals surface area contributed by atoms with E-state index in [0.29, 0.717) is 5.41 Å². The molecule has 1 aliphatic carbocycles. The lowest BCUT2D eigenvalue weighted by Crippen LogP contribution is -2.46. The molecule has 0 radical (unpaired) electrons. The molecule has 0 bridgehead atoms. The van der Waals surface area contributed by atoms with Crippen molar-refractivity contribution in [2.75, 3.05) is 19.6 Å². The fourth-order valence-electron chi connectivity index (χ4n) is 3.53. The zero-order chi connectivity index (χ0) is 12.3. The minimum absolute atomic E-state index is 0.599. The Hall–Kier alpha value is -0.0800. The second kappa shape index (κ2) is 5.71. The summed E-state index contributed by atoms with van der Waals surface area (Å²) >= 11 is 0. The zero-order valence-electron chi connectivity index (χ0n) is 12.0. The van der Waals surface area contributed by atoms with Gasteiger partial charge in [0.15, 0.2) is 0 Å². The SMILES string of the molecule is CCCNC1CCN(C2CCC(C)(C)C2)CC1. The van der Waals surface area contributed by atoms with Crippen molar-refractivity contribution in [3.05, 3.63) is 0 Å². The quantitative estimate of drug-likeness (QED) is 0.810. The summed E-state index contributed by atoms with van der Waals surface area (Å²) in [5.41, 5.74) is 0.599. The van der Waals surface area contributed by atoms with E-state index in [1.807, 2.05) is 0 Å². The van der Waals surface area contributed by atoms with Crippen LogP contribution < -0.4 is 5.32 Å². The average Bonchev–Trinajstić information content (AvgIpc) is 2.68. The molecular weight excluding hydrogens is 208 g/mol. The molecule has 1 saturated carbocycles. The van der Waals surface area contributed by atoms with Crippen LogP contribution in [0.25, 0.3) is 0 Å². The third-order valence-corrected chi connectivity index (χ3v) is 4.67. The van der Waals surface area contributed by atoms with E-state index >= 15 is 0 Å². The third-order valence-electron chi connectivity index (χ3n) is 4.67. The van der Waals surface area contributed by atoms with Crippen LogP contribution in [0.1, 0.15) is 59.3 Å². The Morgan fingerprint density at radius 1 is 1.18 bits per heavy atom. The molecule has 100 valence electrons. The lowest BCUT2D eigenvalue weighted by Gasteiger charge is -2.37. The predicted octanol–water partition coefficient (Wildman–Crippen LogP) is 3.03. The molecule has 1 atom stereocenters. The fraction of sp³-hybridized carbons (Fsp3) is 1.00. The Kier molecular flexibility index (Phi) is 4.48. The molecule has 0 aromatic rings. The van der Waals surface area contributed by atoms with Gasteiger partial charge in [-0.05, 0) is 63.6 Å². The Morgan fingerprint density at radius 3 is 2.41 bits per heavy atom. The molecule has 1 aliphatic heterocycles. The highest BCUT2D eigenvalue weighted by atomic mass is 15.2. The molecule has 0 aromatic carbocycles. The summed E-state index contributed by atoms with van der Waals surface area (Å²) in [7, 11) is 0. The van der Waals surface area contributed by atoms with Crippen molar-refractivity contribution in [3.63, 3.8) is 0 Å². The van der Waals surface area contributed by atoms with Crippen LogP contribution in [0.15, 0.2) is 0 Å². The van der Waals surface area contributed by atoms with Crippen molar-refractivity contribution in [1.29, 1.82) is 0 Å². The lowest BCUT2D eigenvalue weighted by atomic mass is 9.91. The molecule has 1 N–H and O–H groups in total. The molecule has 2 rings (SSSR count). The number of hydrogen-bond donors (Lipinski definition) is 1. The largest absolute Gasteiger partial charge is 0.314 e. The second-order valence-electron chi connectivity index (χ2n) is 6.83. The smallest absolute Gasteiger partial charge is 0.0101 e. The van der Waals surface area contributed by atoms with Crippen molar-refractivity contribution in [2.45, 2.75) is 71.4 Å². The Balaban J connectivity index is 1.72. The molecule has 2 heteroatoms. The number of nitrogens with one attached hydrogen (secondary N) is 1. The molecule has 2 fully saturated rings. The highest BCUT2D eigenvalue weighted by Gasteiger charge is 2.35. The van der Waals surface area contributed by atoms with Gasteiger partial charge in [0.05, 0.1) is 0 Å². The summed E-state index contributed by atoms with van der Waals surface area (Å²) in [5, 5.41) is 3.67. The van der Waals surface area contributed by atoms with Gasteiger partial charge in [0.1, 0.15) is 0 Å². The summed E-state index contributed by atoms with van der Waals surface area (Å²) in [6.45, 7) is 11.0. The minimum Gasteiger partial charge on any atom is -0.314 e. The van der Waals surface area contributed by atoms with Gasteiger partial charge in [0.2, 0.25) is 0 Å². The number of hydrogen-bond acceptors (Lipinski definition) is 2. The summed E-state index contributed by atoms with van der Waals surface area (Å²) in [5.74, 6) is 0. The van der Waals surface area contributed by atoms with Crippen molar-refractivity contribution >= 4 is 0 Å². The molecular formula is C15H30N2. The molecule has 17 heavy (non-hydrogen) atoms. The monoisotopic (exact) mass is 238 g/mol. The predicted molar refractivity (Wildman–Crippen MR) is 74.3 cm³/mol. The number of piperidine rings is 1. The van der Waals surface area contributed by atoms with E-state index < -0.39 is 0 Å². The Morgan fingerprint density at radius 2 is 1.88 bits per heavy atom. The summed E-state index contributed by atoms with van der Waals surface area (Å²) < 4.78 is 0. The first-order valence-electron chi connectivity index (χ1n) is 7.58.